The van der Waals surface area contributed by atoms with Gasteiger partial charge in [0.1, 0.15) is 0 Å². The lowest BCUT2D eigenvalue weighted by molar-refractivity contribution is 0.354. The largest absolute Gasteiger partial charge is 0.493 e. The van der Waals surface area contributed by atoms with Gasteiger partial charge in [-0.25, -0.2) is 4.39 Å². The van der Waals surface area contributed by atoms with Gasteiger partial charge in [-0.2, -0.15) is 10.2 Å². The van der Waals surface area contributed by atoms with E-state index in [1.54, 1.807) is 19.2 Å². The summed E-state index contributed by atoms with van der Waals surface area (Å²) in [4.78, 5) is 0. The molecule has 0 aromatic heterocycles. The van der Waals surface area contributed by atoms with E-state index in [0.29, 0.717) is 22.9 Å². The van der Waals surface area contributed by atoms with Gasteiger partial charge >= 0.3 is 0 Å². The first-order valence-electron chi connectivity index (χ1n) is 6.55. The summed E-state index contributed by atoms with van der Waals surface area (Å²) in [7, 11) is 3.09. The highest BCUT2D eigenvalue weighted by Crippen LogP contribution is 2.43. The number of methoxy groups -OCH3 is 1. The van der Waals surface area contributed by atoms with E-state index in [0.717, 1.165) is 18.4 Å². The van der Waals surface area contributed by atoms with Gasteiger partial charge in [-0.1, -0.05) is 18.6 Å². The molecule has 0 atom stereocenters. The van der Waals surface area contributed by atoms with E-state index in [4.69, 9.17) is 4.74 Å². The fourth-order valence-corrected chi connectivity index (χ4v) is 2.39. The Morgan fingerprint density at radius 2 is 2.16 bits per heavy atom. The third-order valence-corrected chi connectivity index (χ3v) is 3.63. The van der Waals surface area contributed by atoms with Crippen LogP contribution in [-0.2, 0) is 0 Å². The molecule has 1 aliphatic carbocycles. The molecule has 0 amide bonds. The normalized spacial score (nSPS) is 16.7. The third kappa shape index (κ3) is 2.53. The van der Waals surface area contributed by atoms with Crippen LogP contribution in [-0.4, -0.2) is 14.2 Å². The topological polar surface area (TPSA) is 34.0 Å². The summed E-state index contributed by atoms with van der Waals surface area (Å²) in [5, 5.41) is 7.66. The Balaban J connectivity index is 2.47. The molecular weight excluding hydrogens is 243 g/mol. The van der Waals surface area contributed by atoms with Crippen molar-refractivity contribution in [1.82, 2.24) is 0 Å². The van der Waals surface area contributed by atoms with Gasteiger partial charge in [0.2, 0.25) is 0 Å². The molecule has 0 unspecified atom stereocenters. The fourth-order valence-electron chi connectivity index (χ4n) is 2.39. The summed E-state index contributed by atoms with van der Waals surface area (Å²) in [6.45, 7) is 1.82. The zero-order chi connectivity index (χ0) is 13.8. The molecule has 102 valence electrons. The number of hydrogen-bond acceptors (Lipinski definition) is 3. The average molecular weight is 262 g/mol. The quantitative estimate of drug-likeness (QED) is 0.733. The Labute approximate surface area is 113 Å². The first kappa shape index (κ1) is 13.7. The van der Waals surface area contributed by atoms with Gasteiger partial charge in [0.05, 0.1) is 12.8 Å². The van der Waals surface area contributed by atoms with Crippen LogP contribution in [0.2, 0.25) is 0 Å². The molecule has 1 aliphatic rings. The van der Waals surface area contributed by atoms with Gasteiger partial charge in [-0.05, 0) is 31.7 Å². The number of azo groups is 1. The van der Waals surface area contributed by atoms with Crippen molar-refractivity contribution in [3.63, 3.8) is 0 Å². The zero-order valence-corrected chi connectivity index (χ0v) is 11.6. The molecule has 1 aromatic carbocycles. The van der Waals surface area contributed by atoms with Gasteiger partial charge in [-0.15, -0.1) is 0 Å². The molecule has 0 radical (unpaired) electrons. The van der Waals surface area contributed by atoms with Crippen LogP contribution < -0.4 is 4.74 Å². The lowest BCUT2D eigenvalue weighted by atomic mass is 9.79. The summed E-state index contributed by atoms with van der Waals surface area (Å²) in [5.74, 6) is 0.445. The van der Waals surface area contributed by atoms with Crippen molar-refractivity contribution >= 4 is 5.70 Å². The Hall–Kier alpha value is -1.71. The van der Waals surface area contributed by atoms with Crippen LogP contribution in [0.1, 0.15) is 43.2 Å². The number of rotatable bonds is 4. The van der Waals surface area contributed by atoms with E-state index in [1.165, 1.54) is 13.5 Å². The summed E-state index contributed by atoms with van der Waals surface area (Å²) >= 11 is 0. The number of benzene rings is 1. The van der Waals surface area contributed by atoms with Crippen LogP contribution in [0, 0.1) is 5.82 Å². The van der Waals surface area contributed by atoms with E-state index >= 15 is 0 Å². The predicted molar refractivity (Wildman–Crippen MR) is 74.0 cm³/mol. The van der Waals surface area contributed by atoms with Gasteiger partial charge in [0, 0.05) is 18.2 Å². The summed E-state index contributed by atoms with van der Waals surface area (Å²) in [6.07, 6.45) is 5.18. The minimum absolute atomic E-state index is 0.340. The maximum atomic E-state index is 14.5. The lowest BCUT2D eigenvalue weighted by Crippen LogP contribution is -2.11. The minimum Gasteiger partial charge on any atom is -0.493 e. The molecule has 1 saturated carbocycles. The number of ether oxygens (including phenoxy) is 1. The highest BCUT2D eigenvalue weighted by atomic mass is 19.1. The molecule has 0 saturated heterocycles. The molecule has 3 nitrogen and oxygen atoms in total. The minimum atomic E-state index is -0.340. The number of halogens is 1. The van der Waals surface area contributed by atoms with Crippen molar-refractivity contribution in [3.8, 4) is 5.75 Å². The van der Waals surface area contributed by atoms with Crippen LogP contribution in [0.4, 0.5) is 4.39 Å². The maximum absolute atomic E-state index is 14.5. The first-order chi connectivity index (χ1) is 9.22. The smallest absolute Gasteiger partial charge is 0.174 e. The molecule has 0 heterocycles. The van der Waals surface area contributed by atoms with Gasteiger partial charge < -0.3 is 4.74 Å². The average Bonchev–Trinajstić information content (AvgIpc) is 2.35. The molecule has 1 fully saturated rings. The van der Waals surface area contributed by atoms with E-state index in [9.17, 15) is 4.39 Å². The van der Waals surface area contributed by atoms with Crippen LogP contribution in [0.25, 0.3) is 5.70 Å². The van der Waals surface area contributed by atoms with Crippen molar-refractivity contribution in [2.45, 2.75) is 32.1 Å². The van der Waals surface area contributed by atoms with Crippen molar-refractivity contribution in [2.75, 3.05) is 14.2 Å². The van der Waals surface area contributed by atoms with Gasteiger partial charge in [0.25, 0.3) is 0 Å². The Morgan fingerprint density at radius 3 is 2.63 bits per heavy atom. The van der Waals surface area contributed by atoms with E-state index in [1.807, 2.05) is 13.0 Å². The van der Waals surface area contributed by atoms with Crippen molar-refractivity contribution < 1.29 is 9.13 Å². The standard InChI is InChI=1S/C15H19FN2O/c1-4-13(18-17-2)12-9-8-11(10-6-5-7-10)15(19-3)14(12)16/h4,8-10H,5-7H2,1-3H3/b13-4-,18-17?. The number of hydrogen-bond donors (Lipinski definition) is 0. The van der Waals surface area contributed by atoms with E-state index in [-0.39, 0.29) is 5.82 Å². The summed E-state index contributed by atoms with van der Waals surface area (Å²) in [6, 6.07) is 3.73. The van der Waals surface area contributed by atoms with E-state index in [2.05, 4.69) is 10.2 Å². The summed E-state index contributed by atoms with van der Waals surface area (Å²) < 4.78 is 19.8. The van der Waals surface area contributed by atoms with Crippen LogP contribution in [0.15, 0.2) is 28.4 Å². The molecule has 1 aromatic rings. The number of nitrogens with zero attached hydrogens (tertiary/aromatic N) is 2. The van der Waals surface area contributed by atoms with Crippen LogP contribution in [0.5, 0.6) is 5.75 Å². The maximum Gasteiger partial charge on any atom is 0.174 e. The second-order valence-electron chi connectivity index (χ2n) is 4.65. The lowest BCUT2D eigenvalue weighted by Gasteiger charge is -2.27. The Kier molecular flexibility index (Phi) is 4.30. The van der Waals surface area contributed by atoms with Crippen molar-refractivity contribution in [3.05, 3.63) is 35.2 Å². The molecule has 0 spiro atoms. The van der Waals surface area contributed by atoms with Crippen molar-refractivity contribution in [2.24, 2.45) is 10.2 Å². The predicted octanol–water partition coefficient (Wildman–Crippen LogP) is 4.54. The molecule has 2 rings (SSSR count). The van der Waals surface area contributed by atoms with E-state index < -0.39 is 0 Å². The highest BCUT2D eigenvalue weighted by Gasteiger charge is 2.26. The van der Waals surface area contributed by atoms with Crippen molar-refractivity contribution in [1.29, 1.82) is 0 Å². The molecule has 19 heavy (non-hydrogen) atoms. The van der Waals surface area contributed by atoms with Crippen LogP contribution in [0.3, 0.4) is 0 Å². The molecular formula is C15H19FN2O. The summed E-state index contributed by atoms with van der Waals surface area (Å²) in [5.41, 5.74) is 1.94. The van der Waals surface area contributed by atoms with Crippen LogP contribution >= 0.6 is 0 Å². The zero-order valence-electron chi connectivity index (χ0n) is 11.6. The fraction of sp³-hybridized carbons (Fsp3) is 0.467. The SMILES string of the molecule is C/C=C(\N=NC)c1ccc(C2CCC2)c(OC)c1F. The second-order valence-corrected chi connectivity index (χ2v) is 4.65. The van der Waals surface area contributed by atoms with Gasteiger partial charge in [0.15, 0.2) is 11.6 Å². The second kappa shape index (κ2) is 5.95. The third-order valence-electron chi connectivity index (χ3n) is 3.63. The molecule has 0 bridgehead atoms. The first-order valence-corrected chi connectivity index (χ1v) is 6.55. The molecule has 0 N–H and O–H groups in total. The monoisotopic (exact) mass is 262 g/mol. The molecule has 4 heteroatoms. The Bertz CT molecular complexity index is 519. The molecule has 0 aliphatic heterocycles. The number of allylic oxidation sites excluding steroid dienone is 1. The van der Waals surface area contributed by atoms with Gasteiger partial charge in [-0.3, -0.25) is 0 Å². The highest BCUT2D eigenvalue weighted by molar-refractivity contribution is 5.67. The Morgan fingerprint density at radius 1 is 1.42 bits per heavy atom.